The predicted molar refractivity (Wildman–Crippen MR) is 100 cm³/mol. The number of aromatic carboxylic acids is 1. The van der Waals surface area contributed by atoms with Gasteiger partial charge in [0.1, 0.15) is 0 Å². The van der Waals surface area contributed by atoms with Crippen molar-refractivity contribution in [2.24, 2.45) is 5.92 Å². The highest BCUT2D eigenvalue weighted by Gasteiger charge is 2.27. The zero-order valence-corrected chi connectivity index (χ0v) is 14.9. The fourth-order valence-electron chi connectivity index (χ4n) is 3.35. The van der Waals surface area contributed by atoms with Crippen molar-refractivity contribution >= 4 is 17.6 Å². The molecule has 1 amide bonds. The lowest BCUT2D eigenvalue weighted by molar-refractivity contribution is -0.117. The molecule has 1 aromatic carbocycles. The smallest absolute Gasteiger partial charge is 0.335 e. The van der Waals surface area contributed by atoms with Crippen LogP contribution in [0.15, 0.2) is 48.7 Å². The average Bonchev–Trinajstić information content (AvgIpc) is 2.69. The number of carbonyl (C=O) groups excluding carboxylic acids is 1. The number of aliphatic hydroxyl groups is 1. The molecule has 1 aliphatic heterocycles. The standard InChI is InChI=1S/C20H23N3O4/c24-18(22-16-5-3-4-15(12-16)20(26)27)13-23-10-7-14(8-11-23)19(25)17-6-1-2-9-21-17/h1-6,9,12,14,19,25H,7-8,10-11,13H2,(H,22,24)(H,26,27)/t19-/m1/s1. The Balaban J connectivity index is 1.48. The molecular weight excluding hydrogens is 346 g/mol. The quantitative estimate of drug-likeness (QED) is 0.721. The molecule has 1 saturated heterocycles. The van der Waals surface area contributed by atoms with Crippen molar-refractivity contribution in [2.75, 3.05) is 25.0 Å². The number of carbonyl (C=O) groups is 2. The molecule has 27 heavy (non-hydrogen) atoms. The number of benzene rings is 1. The number of carboxylic acid groups (broad SMARTS) is 1. The number of likely N-dealkylation sites (tertiary alicyclic amines) is 1. The van der Waals surface area contributed by atoms with Crippen LogP contribution in [0.4, 0.5) is 5.69 Å². The number of anilines is 1. The number of piperidine rings is 1. The van der Waals surface area contributed by atoms with Crippen molar-refractivity contribution < 1.29 is 19.8 Å². The zero-order valence-electron chi connectivity index (χ0n) is 14.9. The van der Waals surface area contributed by atoms with Crippen molar-refractivity contribution in [3.63, 3.8) is 0 Å². The second kappa shape index (κ2) is 8.75. The van der Waals surface area contributed by atoms with Gasteiger partial charge in [-0.2, -0.15) is 0 Å². The van der Waals surface area contributed by atoms with Gasteiger partial charge in [0.2, 0.25) is 5.91 Å². The monoisotopic (exact) mass is 369 g/mol. The third-order valence-corrected chi connectivity index (χ3v) is 4.83. The summed E-state index contributed by atoms with van der Waals surface area (Å²) < 4.78 is 0. The summed E-state index contributed by atoms with van der Waals surface area (Å²) in [6.45, 7) is 1.68. The maximum Gasteiger partial charge on any atom is 0.335 e. The van der Waals surface area contributed by atoms with E-state index in [1.807, 2.05) is 23.1 Å². The summed E-state index contributed by atoms with van der Waals surface area (Å²) in [6, 6.07) is 11.7. The first kappa shape index (κ1) is 19.0. The molecule has 3 N–H and O–H groups in total. The molecule has 142 valence electrons. The van der Waals surface area contributed by atoms with Gasteiger partial charge in [0.05, 0.1) is 23.9 Å². The summed E-state index contributed by atoms with van der Waals surface area (Å²) >= 11 is 0. The Morgan fingerprint density at radius 1 is 1.19 bits per heavy atom. The Morgan fingerprint density at radius 3 is 2.63 bits per heavy atom. The van der Waals surface area contributed by atoms with E-state index in [0.717, 1.165) is 25.9 Å². The number of aromatic nitrogens is 1. The number of carboxylic acids is 1. The summed E-state index contributed by atoms with van der Waals surface area (Å²) in [4.78, 5) is 29.5. The van der Waals surface area contributed by atoms with Gasteiger partial charge in [-0.1, -0.05) is 12.1 Å². The third kappa shape index (κ3) is 5.12. The van der Waals surface area contributed by atoms with Crippen LogP contribution in [-0.2, 0) is 4.79 Å². The van der Waals surface area contributed by atoms with E-state index in [9.17, 15) is 14.7 Å². The number of amides is 1. The number of hydrogen-bond donors (Lipinski definition) is 3. The molecular formula is C20H23N3O4. The molecule has 0 bridgehead atoms. The van der Waals surface area contributed by atoms with Gasteiger partial charge < -0.3 is 15.5 Å². The Hall–Kier alpha value is -2.77. The lowest BCUT2D eigenvalue weighted by Gasteiger charge is -2.33. The van der Waals surface area contributed by atoms with Gasteiger partial charge in [-0.05, 0) is 62.2 Å². The number of hydrogen-bond acceptors (Lipinski definition) is 5. The molecule has 2 aromatic rings. The molecule has 0 spiro atoms. The number of nitrogens with one attached hydrogen (secondary N) is 1. The molecule has 0 saturated carbocycles. The Labute approximate surface area is 157 Å². The Kier molecular flexibility index (Phi) is 6.16. The van der Waals surface area contributed by atoms with Gasteiger partial charge in [0.25, 0.3) is 0 Å². The zero-order chi connectivity index (χ0) is 19.2. The van der Waals surface area contributed by atoms with E-state index >= 15 is 0 Å². The molecule has 1 fully saturated rings. The van der Waals surface area contributed by atoms with Crippen LogP contribution in [0.25, 0.3) is 0 Å². The minimum Gasteiger partial charge on any atom is -0.478 e. The molecule has 0 unspecified atom stereocenters. The number of aliphatic hydroxyl groups excluding tert-OH is 1. The summed E-state index contributed by atoms with van der Waals surface area (Å²) in [6.07, 6.45) is 2.68. The van der Waals surface area contributed by atoms with Crippen LogP contribution in [-0.4, -0.2) is 51.6 Å². The summed E-state index contributed by atoms with van der Waals surface area (Å²) in [5.41, 5.74) is 1.30. The lowest BCUT2D eigenvalue weighted by atomic mass is 9.89. The first-order valence-electron chi connectivity index (χ1n) is 8.97. The second-order valence-electron chi connectivity index (χ2n) is 6.75. The number of pyridine rings is 1. The van der Waals surface area contributed by atoms with Gasteiger partial charge in [0.15, 0.2) is 0 Å². The molecule has 1 aliphatic rings. The predicted octanol–water partition coefficient (Wildman–Crippen LogP) is 2.16. The highest BCUT2D eigenvalue weighted by atomic mass is 16.4. The average molecular weight is 369 g/mol. The van der Waals surface area contributed by atoms with Gasteiger partial charge in [-0.3, -0.25) is 14.7 Å². The lowest BCUT2D eigenvalue weighted by Crippen LogP contribution is -2.40. The van der Waals surface area contributed by atoms with Crippen LogP contribution >= 0.6 is 0 Å². The summed E-state index contributed by atoms with van der Waals surface area (Å²) in [5.74, 6) is -1.08. The highest BCUT2D eigenvalue weighted by molar-refractivity contribution is 5.94. The largest absolute Gasteiger partial charge is 0.478 e. The van der Waals surface area contributed by atoms with Crippen LogP contribution in [0.3, 0.4) is 0 Å². The minimum absolute atomic E-state index is 0.131. The topological polar surface area (TPSA) is 103 Å². The third-order valence-electron chi connectivity index (χ3n) is 4.83. The molecule has 7 heteroatoms. The molecule has 7 nitrogen and oxygen atoms in total. The fourth-order valence-corrected chi connectivity index (χ4v) is 3.35. The van der Waals surface area contributed by atoms with E-state index < -0.39 is 12.1 Å². The number of nitrogens with zero attached hydrogens (tertiary/aromatic N) is 2. The van der Waals surface area contributed by atoms with Crippen molar-refractivity contribution in [3.05, 3.63) is 59.9 Å². The first-order valence-corrected chi connectivity index (χ1v) is 8.97. The van der Waals surface area contributed by atoms with E-state index in [4.69, 9.17) is 5.11 Å². The number of rotatable bonds is 6. The van der Waals surface area contributed by atoms with Gasteiger partial charge >= 0.3 is 5.97 Å². The van der Waals surface area contributed by atoms with Crippen LogP contribution in [0, 0.1) is 5.92 Å². The summed E-state index contributed by atoms with van der Waals surface area (Å²) in [7, 11) is 0. The van der Waals surface area contributed by atoms with E-state index in [1.165, 1.54) is 12.1 Å². The van der Waals surface area contributed by atoms with Crippen molar-refractivity contribution in [1.29, 1.82) is 0 Å². The van der Waals surface area contributed by atoms with Crippen LogP contribution in [0.5, 0.6) is 0 Å². The molecule has 0 radical (unpaired) electrons. The fraction of sp³-hybridized carbons (Fsp3) is 0.350. The molecule has 3 rings (SSSR count). The van der Waals surface area contributed by atoms with Crippen LogP contribution in [0.1, 0.15) is 35.0 Å². The van der Waals surface area contributed by atoms with Gasteiger partial charge in [-0.15, -0.1) is 0 Å². The molecule has 0 aliphatic carbocycles. The van der Waals surface area contributed by atoms with Gasteiger partial charge in [0, 0.05) is 11.9 Å². The first-order chi connectivity index (χ1) is 13.0. The second-order valence-corrected chi connectivity index (χ2v) is 6.75. The Morgan fingerprint density at radius 2 is 1.96 bits per heavy atom. The molecule has 2 heterocycles. The Bertz CT molecular complexity index is 789. The summed E-state index contributed by atoms with van der Waals surface area (Å²) in [5, 5.41) is 22.2. The van der Waals surface area contributed by atoms with Crippen molar-refractivity contribution in [1.82, 2.24) is 9.88 Å². The van der Waals surface area contributed by atoms with Crippen molar-refractivity contribution in [2.45, 2.75) is 18.9 Å². The van der Waals surface area contributed by atoms with Crippen molar-refractivity contribution in [3.8, 4) is 0 Å². The maximum atomic E-state index is 12.2. The molecule has 1 atom stereocenters. The normalized spacial score (nSPS) is 16.6. The maximum absolute atomic E-state index is 12.2. The van der Waals surface area contributed by atoms with E-state index in [1.54, 1.807) is 18.3 Å². The SMILES string of the molecule is O=C(CN1CCC([C@@H](O)c2ccccn2)CC1)Nc1cccc(C(=O)O)c1. The highest BCUT2D eigenvalue weighted by Crippen LogP contribution is 2.29. The van der Waals surface area contributed by atoms with Crippen LogP contribution in [0.2, 0.25) is 0 Å². The van der Waals surface area contributed by atoms with Gasteiger partial charge in [-0.25, -0.2) is 4.79 Å². The molecule has 1 aromatic heterocycles. The van der Waals surface area contributed by atoms with Crippen LogP contribution < -0.4 is 5.32 Å². The van der Waals surface area contributed by atoms with E-state index in [-0.39, 0.29) is 23.9 Å². The van der Waals surface area contributed by atoms with E-state index in [2.05, 4.69) is 10.3 Å². The minimum atomic E-state index is -1.03. The van der Waals surface area contributed by atoms with E-state index in [0.29, 0.717) is 11.4 Å².